The number of hydrogen-bond acceptors (Lipinski definition) is 4. The Morgan fingerprint density at radius 3 is 2.48 bits per heavy atom. The first kappa shape index (κ1) is 17.4. The quantitative estimate of drug-likeness (QED) is 0.855. The zero-order chi connectivity index (χ0) is 17.6. The van der Waals surface area contributed by atoms with Crippen LogP contribution in [0.5, 0.6) is 0 Å². The number of benzene rings is 1. The summed E-state index contributed by atoms with van der Waals surface area (Å²) in [6.07, 6.45) is 1.45. The van der Waals surface area contributed by atoms with Gasteiger partial charge < -0.3 is 15.2 Å². The highest BCUT2D eigenvalue weighted by molar-refractivity contribution is 5.93. The van der Waals surface area contributed by atoms with Crippen LogP contribution in [-0.4, -0.2) is 60.5 Å². The third-order valence-corrected chi connectivity index (χ3v) is 4.67. The van der Waals surface area contributed by atoms with Gasteiger partial charge in [-0.2, -0.15) is 0 Å². The lowest BCUT2D eigenvalue weighted by Crippen LogP contribution is -2.48. The van der Waals surface area contributed by atoms with E-state index in [1.807, 2.05) is 18.2 Å². The van der Waals surface area contributed by atoms with Crippen LogP contribution in [0.4, 0.5) is 0 Å². The van der Waals surface area contributed by atoms with E-state index in [2.05, 4.69) is 39.3 Å². The predicted octanol–water partition coefficient (Wildman–Crippen LogP) is 1.09. The molecule has 0 radical (unpaired) electrons. The molecule has 0 saturated carbocycles. The monoisotopic (exact) mass is 340 g/mol. The van der Waals surface area contributed by atoms with Crippen molar-refractivity contribution in [3.63, 3.8) is 0 Å². The van der Waals surface area contributed by atoms with Crippen LogP contribution in [-0.2, 0) is 0 Å². The fourth-order valence-corrected chi connectivity index (χ4v) is 3.11. The van der Waals surface area contributed by atoms with Gasteiger partial charge >= 0.3 is 0 Å². The molecular formula is C19H24N4O2. The van der Waals surface area contributed by atoms with Gasteiger partial charge in [-0.25, -0.2) is 0 Å². The average Bonchev–Trinajstić information content (AvgIpc) is 2.64. The first-order valence-electron chi connectivity index (χ1n) is 8.58. The summed E-state index contributed by atoms with van der Waals surface area (Å²) in [7, 11) is 2.13. The van der Waals surface area contributed by atoms with Crippen LogP contribution in [0.2, 0.25) is 0 Å². The molecule has 3 rings (SSSR count). The molecule has 6 nitrogen and oxygen atoms in total. The Hall–Kier alpha value is -2.44. The Balaban J connectivity index is 1.70. The number of nitrogens with one attached hydrogen (secondary N) is 2. The Morgan fingerprint density at radius 1 is 1.12 bits per heavy atom. The Kier molecular flexibility index (Phi) is 5.63. The van der Waals surface area contributed by atoms with E-state index < -0.39 is 0 Å². The molecule has 1 amide bonds. The molecule has 1 atom stereocenters. The molecule has 1 saturated heterocycles. The largest absolute Gasteiger partial charge is 0.350 e. The number of piperazine rings is 1. The minimum Gasteiger partial charge on any atom is -0.350 e. The van der Waals surface area contributed by atoms with Crippen molar-refractivity contribution >= 4 is 5.91 Å². The van der Waals surface area contributed by atoms with Crippen molar-refractivity contribution in [2.24, 2.45) is 0 Å². The fourth-order valence-electron chi connectivity index (χ4n) is 3.11. The molecule has 6 heteroatoms. The minimum atomic E-state index is -0.212. The van der Waals surface area contributed by atoms with Crippen LogP contribution in [0.3, 0.4) is 0 Å². The molecular weight excluding hydrogens is 316 g/mol. The van der Waals surface area contributed by atoms with Crippen molar-refractivity contribution in [3.05, 3.63) is 70.1 Å². The van der Waals surface area contributed by atoms with E-state index in [9.17, 15) is 9.59 Å². The molecule has 132 valence electrons. The number of likely N-dealkylation sites (N-methyl/N-ethyl adjacent to an activating group) is 1. The lowest BCUT2D eigenvalue weighted by atomic mass is 10.0. The van der Waals surface area contributed by atoms with Crippen LogP contribution in [0, 0.1) is 0 Å². The number of aromatic nitrogens is 1. The van der Waals surface area contributed by atoms with E-state index in [1.165, 1.54) is 17.8 Å². The van der Waals surface area contributed by atoms with Crippen molar-refractivity contribution in [2.75, 3.05) is 39.8 Å². The fraction of sp³-hybridized carbons (Fsp3) is 0.368. The highest BCUT2D eigenvalue weighted by Gasteiger charge is 2.24. The summed E-state index contributed by atoms with van der Waals surface area (Å²) in [5.74, 6) is -0.175. The molecule has 1 aromatic carbocycles. The number of carbonyl (C=O) groups excluding carboxylic acids is 1. The number of pyridine rings is 1. The SMILES string of the molecule is CN1CCN(C(CNC(=O)c2ccc(=O)[nH]c2)c2ccccc2)CC1. The van der Waals surface area contributed by atoms with Gasteiger partial charge in [0.2, 0.25) is 5.56 Å². The summed E-state index contributed by atoms with van der Waals surface area (Å²) in [6.45, 7) is 4.54. The highest BCUT2D eigenvalue weighted by atomic mass is 16.1. The zero-order valence-corrected chi connectivity index (χ0v) is 14.4. The molecule has 0 spiro atoms. The smallest absolute Gasteiger partial charge is 0.252 e. The lowest BCUT2D eigenvalue weighted by molar-refractivity contribution is 0.0886. The average molecular weight is 340 g/mol. The Labute approximate surface area is 147 Å². The van der Waals surface area contributed by atoms with Gasteiger partial charge in [-0.3, -0.25) is 14.5 Å². The number of aromatic amines is 1. The summed E-state index contributed by atoms with van der Waals surface area (Å²) in [6, 6.07) is 13.3. The van der Waals surface area contributed by atoms with Crippen molar-refractivity contribution < 1.29 is 4.79 Å². The number of H-pyrrole nitrogens is 1. The lowest BCUT2D eigenvalue weighted by Gasteiger charge is -2.38. The normalized spacial score (nSPS) is 17.2. The van der Waals surface area contributed by atoms with Gasteiger partial charge in [-0.1, -0.05) is 30.3 Å². The predicted molar refractivity (Wildman–Crippen MR) is 97.6 cm³/mol. The molecule has 1 aliphatic rings. The molecule has 1 aliphatic heterocycles. The van der Waals surface area contributed by atoms with Crippen molar-refractivity contribution in [1.82, 2.24) is 20.1 Å². The van der Waals surface area contributed by atoms with Gasteiger partial charge in [0.05, 0.1) is 11.6 Å². The summed E-state index contributed by atoms with van der Waals surface area (Å²) >= 11 is 0. The van der Waals surface area contributed by atoms with Gasteiger partial charge in [0.15, 0.2) is 0 Å². The van der Waals surface area contributed by atoms with Gasteiger partial charge in [-0.05, 0) is 18.7 Å². The van der Waals surface area contributed by atoms with Gasteiger partial charge in [-0.15, -0.1) is 0 Å². The van der Waals surface area contributed by atoms with E-state index in [0.717, 1.165) is 26.2 Å². The number of hydrogen-bond donors (Lipinski definition) is 2. The molecule has 1 aromatic heterocycles. The second-order valence-corrected chi connectivity index (χ2v) is 6.42. The van der Waals surface area contributed by atoms with E-state index >= 15 is 0 Å². The van der Waals surface area contributed by atoms with Gasteiger partial charge in [0.25, 0.3) is 5.91 Å². The molecule has 2 aromatic rings. The second kappa shape index (κ2) is 8.09. The van der Waals surface area contributed by atoms with E-state index in [-0.39, 0.29) is 17.5 Å². The number of rotatable bonds is 5. The number of carbonyl (C=O) groups is 1. The van der Waals surface area contributed by atoms with Crippen molar-refractivity contribution in [2.45, 2.75) is 6.04 Å². The molecule has 25 heavy (non-hydrogen) atoms. The third kappa shape index (κ3) is 4.55. The zero-order valence-electron chi connectivity index (χ0n) is 14.4. The molecule has 2 heterocycles. The summed E-state index contributed by atoms with van der Waals surface area (Å²) < 4.78 is 0. The van der Waals surface area contributed by atoms with Crippen molar-refractivity contribution in [1.29, 1.82) is 0 Å². The van der Waals surface area contributed by atoms with E-state index in [4.69, 9.17) is 0 Å². The Bertz CT molecular complexity index is 731. The standard InChI is InChI=1S/C19H24N4O2/c1-22-9-11-23(12-10-22)17(15-5-3-2-4-6-15)14-21-19(25)16-7-8-18(24)20-13-16/h2-8,13,17H,9-12,14H2,1H3,(H,20,24)(H,21,25). The number of amides is 1. The summed E-state index contributed by atoms with van der Waals surface area (Å²) in [5, 5.41) is 3.01. The molecule has 2 N–H and O–H groups in total. The maximum Gasteiger partial charge on any atom is 0.252 e. The first-order chi connectivity index (χ1) is 12.1. The van der Waals surface area contributed by atoms with Crippen LogP contribution in [0.25, 0.3) is 0 Å². The van der Waals surface area contributed by atoms with Gasteiger partial charge in [0.1, 0.15) is 0 Å². The van der Waals surface area contributed by atoms with E-state index in [0.29, 0.717) is 12.1 Å². The van der Waals surface area contributed by atoms with Gasteiger partial charge in [0, 0.05) is 45.0 Å². The second-order valence-electron chi connectivity index (χ2n) is 6.42. The van der Waals surface area contributed by atoms with Crippen LogP contribution >= 0.6 is 0 Å². The summed E-state index contributed by atoms with van der Waals surface area (Å²) in [5.41, 5.74) is 1.45. The number of nitrogens with zero attached hydrogens (tertiary/aromatic N) is 2. The van der Waals surface area contributed by atoms with Crippen LogP contribution in [0.1, 0.15) is 22.0 Å². The topological polar surface area (TPSA) is 68.4 Å². The highest BCUT2D eigenvalue weighted by Crippen LogP contribution is 2.21. The van der Waals surface area contributed by atoms with Crippen LogP contribution in [0.15, 0.2) is 53.5 Å². The van der Waals surface area contributed by atoms with Crippen LogP contribution < -0.4 is 10.9 Å². The maximum absolute atomic E-state index is 12.4. The van der Waals surface area contributed by atoms with Crippen molar-refractivity contribution in [3.8, 4) is 0 Å². The molecule has 1 fully saturated rings. The Morgan fingerprint density at radius 2 is 1.84 bits per heavy atom. The summed E-state index contributed by atoms with van der Waals surface area (Å²) in [4.78, 5) is 30.8. The maximum atomic E-state index is 12.4. The minimum absolute atomic E-state index is 0.140. The van der Waals surface area contributed by atoms with E-state index in [1.54, 1.807) is 6.07 Å². The first-order valence-corrected chi connectivity index (χ1v) is 8.58. The molecule has 1 unspecified atom stereocenters. The molecule has 0 aliphatic carbocycles. The molecule has 0 bridgehead atoms. The third-order valence-electron chi connectivity index (χ3n) is 4.67.